The van der Waals surface area contributed by atoms with E-state index >= 15 is 0 Å². The maximum absolute atomic E-state index is 11.1. The van der Waals surface area contributed by atoms with Gasteiger partial charge in [0.2, 0.25) is 0 Å². The Morgan fingerprint density at radius 3 is 2.32 bits per heavy atom. The number of carbonyl (C=O) groups excluding carboxylic acids is 1. The molecule has 0 aliphatic heterocycles. The fourth-order valence-electron chi connectivity index (χ4n) is 1.37. The van der Waals surface area contributed by atoms with Gasteiger partial charge in [0, 0.05) is 6.42 Å². The molecule has 0 aliphatic carbocycles. The van der Waals surface area contributed by atoms with Crippen molar-refractivity contribution in [3.8, 4) is 0 Å². The standard InChI is InChI=1S/C14H28O4Si/c1-8-12(9-11(15)10-13(16)17-5)18-19(6,7)14(2,3)4/h8,11-12,15H,1,9-10H2,2-7H3/t11-,12+/m1/s1. The Kier molecular flexibility index (Phi) is 6.97. The predicted molar refractivity (Wildman–Crippen MR) is 79.5 cm³/mol. The van der Waals surface area contributed by atoms with Crippen molar-refractivity contribution in [3.05, 3.63) is 12.7 Å². The van der Waals surface area contributed by atoms with E-state index in [0.717, 1.165) is 0 Å². The van der Waals surface area contributed by atoms with Gasteiger partial charge in [0.1, 0.15) is 0 Å². The van der Waals surface area contributed by atoms with Gasteiger partial charge in [0.15, 0.2) is 8.32 Å². The number of carbonyl (C=O) groups is 1. The van der Waals surface area contributed by atoms with E-state index in [1.54, 1.807) is 6.08 Å². The van der Waals surface area contributed by atoms with Crippen LogP contribution in [-0.4, -0.2) is 38.7 Å². The van der Waals surface area contributed by atoms with E-state index in [0.29, 0.717) is 6.42 Å². The Hall–Kier alpha value is -0.653. The maximum Gasteiger partial charge on any atom is 0.308 e. The van der Waals surface area contributed by atoms with E-state index in [2.05, 4.69) is 45.2 Å². The molecule has 0 rings (SSSR count). The van der Waals surface area contributed by atoms with E-state index in [-0.39, 0.29) is 17.6 Å². The summed E-state index contributed by atoms with van der Waals surface area (Å²) < 4.78 is 10.7. The van der Waals surface area contributed by atoms with Gasteiger partial charge in [-0.1, -0.05) is 26.8 Å². The number of esters is 1. The lowest BCUT2D eigenvalue weighted by atomic mass is 10.1. The van der Waals surface area contributed by atoms with Gasteiger partial charge in [-0.3, -0.25) is 4.79 Å². The van der Waals surface area contributed by atoms with Crippen molar-refractivity contribution in [2.24, 2.45) is 0 Å². The zero-order valence-electron chi connectivity index (χ0n) is 13.0. The SMILES string of the molecule is C=C[C@@H](C[C@@H](O)CC(=O)OC)O[Si](C)(C)C(C)(C)C. The van der Waals surface area contributed by atoms with Crippen molar-refractivity contribution >= 4 is 14.3 Å². The molecule has 0 bridgehead atoms. The monoisotopic (exact) mass is 288 g/mol. The molecule has 0 aromatic heterocycles. The van der Waals surface area contributed by atoms with E-state index in [1.807, 2.05) is 0 Å². The number of ether oxygens (including phenoxy) is 1. The van der Waals surface area contributed by atoms with Gasteiger partial charge in [-0.15, -0.1) is 6.58 Å². The molecule has 112 valence electrons. The molecule has 0 unspecified atom stereocenters. The summed E-state index contributed by atoms with van der Waals surface area (Å²) in [5.41, 5.74) is 0. The van der Waals surface area contributed by atoms with E-state index < -0.39 is 20.4 Å². The summed E-state index contributed by atoms with van der Waals surface area (Å²) in [5.74, 6) is -0.414. The third-order valence-electron chi connectivity index (χ3n) is 3.65. The van der Waals surface area contributed by atoms with Crippen LogP contribution in [0.2, 0.25) is 18.1 Å². The lowest BCUT2D eigenvalue weighted by Gasteiger charge is -2.39. The number of rotatable bonds is 7. The van der Waals surface area contributed by atoms with E-state index in [4.69, 9.17) is 4.43 Å². The summed E-state index contributed by atoms with van der Waals surface area (Å²) in [6.07, 6.45) is 1.05. The first kappa shape index (κ1) is 18.3. The molecule has 0 saturated carbocycles. The van der Waals surface area contributed by atoms with Crippen molar-refractivity contribution in [1.82, 2.24) is 0 Å². The molecule has 0 spiro atoms. The molecular formula is C14H28O4Si. The number of aliphatic hydroxyl groups excluding tert-OH is 1. The normalized spacial score (nSPS) is 15.7. The van der Waals surface area contributed by atoms with Crippen molar-refractivity contribution in [1.29, 1.82) is 0 Å². The maximum atomic E-state index is 11.1. The lowest BCUT2D eigenvalue weighted by molar-refractivity contribution is -0.143. The predicted octanol–water partition coefficient (Wildman–Crippen LogP) is 2.88. The molecule has 0 radical (unpaired) electrons. The molecule has 0 fully saturated rings. The number of hydrogen-bond acceptors (Lipinski definition) is 4. The van der Waals surface area contributed by atoms with Crippen molar-refractivity contribution in [3.63, 3.8) is 0 Å². The van der Waals surface area contributed by atoms with Crippen LogP contribution in [0.3, 0.4) is 0 Å². The van der Waals surface area contributed by atoms with Gasteiger partial charge in [-0.25, -0.2) is 0 Å². The number of hydrogen-bond donors (Lipinski definition) is 1. The van der Waals surface area contributed by atoms with Gasteiger partial charge in [0.05, 0.1) is 25.7 Å². The molecule has 0 amide bonds. The molecule has 0 heterocycles. The minimum Gasteiger partial charge on any atom is -0.469 e. The molecule has 5 heteroatoms. The summed E-state index contributed by atoms with van der Waals surface area (Å²) in [7, 11) is -0.591. The van der Waals surface area contributed by atoms with E-state index in [9.17, 15) is 9.90 Å². The zero-order chi connectivity index (χ0) is 15.3. The smallest absolute Gasteiger partial charge is 0.308 e. The van der Waals surface area contributed by atoms with Crippen LogP contribution in [0.25, 0.3) is 0 Å². The first-order chi connectivity index (χ1) is 8.53. The first-order valence-corrected chi connectivity index (χ1v) is 9.49. The minimum absolute atomic E-state index is 0.0122. The molecule has 0 saturated heterocycles. The lowest BCUT2D eigenvalue weighted by Crippen LogP contribution is -2.44. The molecule has 0 aromatic rings. The van der Waals surface area contributed by atoms with Crippen LogP contribution < -0.4 is 0 Å². The minimum atomic E-state index is -1.90. The van der Waals surface area contributed by atoms with E-state index in [1.165, 1.54) is 7.11 Å². The summed E-state index contributed by atoms with van der Waals surface area (Å²) in [6, 6.07) is 0. The molecule has 19 heavy (non-hydrogen) atoms. The third-order valence-corrected chi connectivity index (χ3v) is 8.15. The largest absolute Gasteiger partial charge is 0.469 e. The highest BCUT2D eigenvalue weighted by atomic mass is 28.4. The Morgan fingerprint density at radius 2 is 1.95 bits per heavy atom. The van der Waals surface area contributed by atoms with Crippen molar-refractivity contribution in [2.45, 2.75) is 64.0 Å². The van der Waals surface area contributed by atoms with Crippen LogP contribution in [0.5, 0.6) is 0 Å². The van der Waals surface area contributed by atoms with Crippen LogP contribution in [0.1, 0.15) is 33.6 Å². The van der Waals surface area contributed by atoms with Crippen molar-refractivity contribution in [2.75, 3.05) is 7.11 Å². The van der Waals surface area contributed by atoms with Crippen molar-refractivity contribution < 1.29 is 19.1 Å². The Morgan fingerprint density at radius 1 is 1.42 bits per heavy atom. The molecule has 2 atom stereocenters. The highest BCUT2D eigenvalue weighted by Gasteiger charge is 2.39. The number of methoxy groups -OCH3 is 1. The third kappa shape index (κ3) is 6.36. The Bertz CT molecular complexity index is 307. The summed E-state index contributed by atoms with van der Waals surface area (Å²) in [5, 5.41) is 9.94. The van der Waals surface area contributed by atoms with Gasteiger partial charge >= 0.3 is 5.97 Å². The molecule has 4 nitrogen and oxygen atoms in total. The van der Waals surface area contributed by atoms with Gasteiger partial charge in [0.25, 0.3) is 0 Å². The highest BCUT2D eigenvalue weighted by molar-refractivity contribution is 6.74. The quantitative estimate of drug-likeness (QED) is 0.444. The fourth-order valence-corrected chi connectivity index (χ4v) is 2.68. The average molecular weight is 288 g/mol. The van der Waals surface area contributed by atoms with Crippen LogP contribution in [0.4, 0.5) is 0 Å². The molecule has 1 N–H and O–H groups in total. The van der Waals surface area contributed by atoms with Gasteiger partial charge in [-0.05, 0) is 18.1 Å². The van der Waals surface area contributed by atoms with Gasteiger partial charge < -0.3 is 14.3 Å². The highest BCUT2D eigenvalue weighted by Crippen LogP contribution is 2.37. The second kappa shape index (κ2) is 7.22. The van der Waals surface area contributed by atoms with Crippen LogP contribution in [-0.2, 0) is 14.0 Å². The van der Waals surface area contributed by atoms with Gasteiger partial charge in [-0.2, -0.15) is 0 Å². The summed E-state index contributed by atoms with van der Waals surface area (Å²) >= 11 is 0. The Labute approximate surface area is 117 Å². The zero-order valence-corrected chi connectivity index (χ0v) is 14.0. The van der Waals surface area contributed by atoms with Crippen LogP contribution in [0, 0.1) is 0 Å². The number of aliphatic hydroxyl groups is 1. The fraction of sp³-hybridized carbons (Fsp3) is 0.786. The van der Waals surface area contributed by atoms with Crippen LogP contribution >= 0.6 is 0 Å². The molecule has 0 aromatic carbocycles. The Balaban J connectivity index is 4.52. The average Bonchev–Trinajstić information content (AvgIpc) is 2.25. The summed E-state index contributed by atoms with van der Waals surface area (Å²) in [4.78, 5) is 11.1. The second-order valence-electron chi connectivity index (χ2n) is 6.32. The molecular weight excluding hydrogens is 260 g/mol. The molecule has 0 aliphatic rings. The van der Waals surface area contributed by atoms with Crippen LogP contribution in [0.15, 0.2) is 12.7 Å². The first-order valence-electron chi connectivity index (χ1n) is 6.58. The second-order valence-corrected chi connectivity index (χ2v) is 11.1. The summed E-state index contributed by atoms with van der Waals surface area (Å²) in [6.45, 7) is 14.5. The topological polar surface area (TPSA) is 55.8 Å².